The lowest BCUT2D eigenvalue weighted by atomic mass is 10.1. The van der Waals surface area contributed by atoms with Crippen LogP contribution in [-0.4, -0.2) is 25.9 Å². The van der Waals surface area contributed by atoms with Crippen molar-refractivity contribution in [1.29, 1.82) is 0 Å². The minimum atomic E-state index is -0.321. The molecule has 0 atom stereocenters. The van der Waals surface area contributed by atoms with Crippen molar-refractivity contribution in [2.24, 2.45) is 4.99 Å². The number of fused-ring (bicyclic) bond motifs is 1. The normalized spacial score (nSPS) is 11.4. The summed E-state index contributed by atoms with van der Waals surface area (Å²) in [7, 11) is 0. The molecule has 25 heavy (non-hydrogen) atoms. The predicted octanol–water partition coefficient (Wildman–Crippen LogP) is 3.30. The van der Waals surface area contributed by atoms with E-state index in [0.717, 1.165) is 0 Å². The van der Waals surface area contributed by atoms with Crippen molar-refractivity contribution in [3.05, 3.63) is 76.2 Å². The van der Waals surface area contributed by atoms with Gasteiger partial charge in [0.25, 0.3) is 5.56 Å². The molecule has 6 nitrogen and oxygen atoms in total. The SMILES string of the molecule is O=c1c2ccccc2c(/C=N/c2ccccn2)c(O)n1-c1nccs1. The van der Waals surface area contributed by atoms with E-state index in [2.05, 4.69) is 15.0 Å². The van der Waals surface area contributed by atoms with Gasteiger partial charge in [-0.3, -0.25) is 4.79 Å². The number of aromatic nitrogens is 3. The smallest absolute Gasteiger partial charge is 0.267 e. The molecule has 0 saturated heterocycles. The van der Waals surface area contributed by atoms with Crippen LogP contribution in [-0.2, 0) is 0 Å². The Morgan fingerprint density at radius 1 is 1.04 bits per heavy atom. The molecular weight excluding hydrogens is 336 g/mol. The van der Waals surface area contributed by atoms with Crippen LogP contribution in [0.2, 0.25) is 0 Å². The van der Waals surface area contributed by atoms with Crippen LogP contribution in [0.3, 0.4) is 0 Å². The van der Waals surface area contributed by atoms with Crippen LogP contribution in [0.25, 0.3) is 15.9 Å². The van der Waals surface area contributed by atoms with Crippen molar-refractivity contribution in [2.45, 2.75) is 0 Å². The topological polar surface area (TPSA) is 80.4 Å². The van der Waals surface area contributed by atoms with E-state index in [1.54, 1.807) is 48.1 Å². The molecule has 4 aromatic rings. The maximum atomic E-state index is 12.8. The van der Waals surface area contributed by atoms with E-state index >= 15 is 0 Å². The number of hydrogen-bond donors (Lipinski definition) is 1. The standard InChI is InChI=1S/C18H12N4O2S/c23-16-13-6-2-1-5-12(13)14(11-21-15-7-3-4-8-19-15)17(24)22(16)18-20-9-10-25-18/h1-11,24H/b21-11+. The van der Waals surface area contributed by atoms with Gasteiger partial charge in [0.2, 0.25) is 5.88 Å². The van der Waals surface area contributed by atoms with Crippen molar-refractivity contribution < 1.29 is 5.11 Å². The highest BCUT2D eigenvalue weighted by Gasteiger charge is 2.17. The lowest BCUT2D eigenvalue weighted by molar-refractivity contribution is 0.436. The van der Waals surface area contributed by atoms with Crippen LogP contribution in [0.1, 0.15) is 5.56 Å². The third-order valence-electron chi connectivity index (χ3n) is 3.69. The van der Waals surface area contributed by atoms with Crippen LogP contribution >= 0.6 is 11.3 Å². The van der Waals surface area contributed by atoms with E-state index in [-0.39, 0.29) is 11.4 Å². The summed E-state index contributed by atoms with van der Waals surface area (Å²) in [5, 5.41) is 14.0. The van der Waals surface area contributed by atoms with E-state index in [0.29, 0.717) is 27.3 Å². The summed E-state index contributed by atoms with van der Waals surface area (Å²) in [5.74, 6) is 0.316. The van der Waals surface area contributed by atoms with E-state index in [4.69, 9.17) is 0 Å². The highest BCUT2D eigenvalue weighted by atomic mass is 32.1. The van der Waals surface area contributed by atoms with Crippen LogP contribution < -0.4 is 5.56 Å². The second kappa shape index (κ2) is 6.29. The van der Waals surface area contributed by atoms with E-state index < -0.39 is 0 Å². The number of pyridine rings is 2. The first-order valence-electron chi connectivity index (χ1n) is 7.47. The minimum Gasteiger partial charge on any atom is -0.494 e. The van der Waals surface area contributed by atoms with Gasteiger partial charge in [0.05, 0.1) is 5.56 Å². The lowest BCUT2D eigenvalue weighted by Crippen LogP contribution is -2.19. The maximum absolute atomic E-state index is 12.8. The maximum Gasteiger partial charge on any atom is 0.267 e. The Hall–Kier alpha value is -3.32. The van der Waals surface area contributed by atoms with Gasteiger partial charge in [-0.05, 0) is 18.2 Å². The third kappa shape index (κ3) is 2.70. The van der Waals surface area contributed by atoms with Crippen LogP contribution in [0.15, 0.2) is 70.0 Å². The molecule has 3 heterocycles. The van der Waals surface area contributed by atoms with Gasteiger partial charge >= 0.3 is 0 Å². The van der Waals surface area contributed by atoms with Crippen LogP contribution in [0, 0.1) is 0 Å². The fraction of sp³-hybridized carbons (Fsp3) is 0. The molecule has 0 saturated carbocycles. The number of thiazole rings is 1. The number of rotatable bonds is 3. The Morgan fingerprint density at radius 3 is 2.56 bits per heavy atom. The number of aromatic hydroxyl groups is 1. The molecule has 1 aromatic carbocycles. The number of aliphatic imine (C=N–C) groups is 1. The monoisotopic (exact) mass is 348 g/mol. The van der Waals surface area contributed by atoms with E-state index in [9.17, 15) is 9.90 Å². The van der Waals surface area contributed by atoms with Gasteiger partial charge < -0.3 is 5.11 Å². The Bertz CT molecular complexity index is 1120. The molecule has 0 fully saturated rings. The van der Waals surface area contributed by atoms with Crippen molar-refractivity contribution in [2.75, 3.05) is 0 Å². The molecule has 122 valence electrons. The third-order valence-corrected chi connectivity index (χ3v) is 4.45. The van der Waals surface area contributed by atoms with Gasteiger partial charge in [0.15, 0.2) is 10.9 Å². The van der Waals surface area contributed by atoms with Gasteiger partial charge in [-0.25, -0.2) is 19.5 Å². The van der Waals surface area contributed by atoms with Gasteiger partial charge in [-0.15, -0.1) is 11.3 Å². The Kier molecular flexibility index (Phi) is 3.83. The zero-order valence-electron chi connectivity index (χ0n) is 12.9. The first-order chi connectivity index (χ1) is 12.3. The number of benzene rings is 1. The molecule has 0 aliphatic carbocycles. The fourth-order valence-electron chi connectivity index (χ4n) is 2.55. The summed E-state index contributed by atoms with van der Waals surface area (Å²) >= 11 is 1.27. The minimum absolute atomic E-state index is 0.196. The summed E-state index contributed by atoms with van der Waals surface area (Å²) in [5.41, 5.74) is 0.120. The van der Waals surface area contributed by atoms with Gasteiger partial charge in [-0.2, -0.15) is 0 Å². The summed E-state index contributed by atoms with van der Waals surface area (Å²) < 4.78 is 1.20. The zero-order chi connectivity index (χ0) is 17.2. The summed E-state index contributed by atoms with van der Waals surface area (Å²) in [6.07, 6.45) is 4.74. The van der Waals surface area contributed by atoms with Crippen LogP contribution in [0.4, 0.5) is 5.82 Å². The molecular formula is C18H12N4O2S. The molecule has 3 aromatic heterocycles. The summed E-state index contributed by atoms with van der Waals surface area (Å²) in [6.45, 7) is 0. The molecule has 0 amide bonds. The Balaban J connectivity index is 2.00. The largest absolute Gasteiger partial charge is 0.494 e. The van der Waals surface area contributed by atoms with Gasteiger partial charge in [0, 0.05) is 34.8 Å². The number of hydrogen-bond acceptors (Lipinski definition) is 6. The number of nitrogens with zero attached hydrogens (tertiary/aromatic N) is 4. The molecule has 0 aliphatic rings. The van der Waals surface area contributed by atoms with Gasteiger partial charge in [0.1, 0.15) is 0 Å². The average molecular weight is 348 g/mol. The summed E-state index contributed by atoms with van der Waals surface area (Å²) in [6, 6.07) is 12.5. The molecule has 0 radical (unpaired) electrons. The first-order valence-corrected chi connectivity index (χ1v) is 8.35. The molecule has 0 aliphatic heterocycles. The van der Waals surface area contributed by atoms with Crippen molar-refractivity contribution in [3.8, 4) is 11.0 Å². The molecule has 1 N–H and O–H groups in total. The highest BCUT2D eigenvalue weighted by Crippen LogP contribution is 2.26. The predicted molar refractivity (Wildman–Crippen MR) is 98.4 cm³/mol. The molecule has 7 heteroatoms. The second-order valence-corrected chi connectivity index (χ2v) is 6.06. The Labute approximate surface area is 146 Å². The van der Waals surface area contributed by atoms with Crippen molar-refractivity contribution in [3.63, 3.8) is 0 Å². The molecule has 0 spiro atoms. The summed E-state index contributed by atoms with van der Waals surface area (Å²) in [4.78, 5) is 25.4. The average Bonchev–Trinajstić information content (AvgIpc) is 3.17. The van der Waals surface area contributed by atoms with Crippen molar-refractivity contribution in [1.82, 2.24) is 14.5 Å². The fourth-order valence-corrected chi connectivity index (χ4v) is 3.19. The zero-order valence-corrected chi connectivity index (χ0v) is 13.7. The second-order valence-electron chi connectivity index (χ2n) is 5.18. The van der Waals surface area contributed by atoms with E-state index in [1.807, 2.05) is 12.1 Å². The first kappa shape index (κ1) is 15.2. The molecule has 4 rings (SSSR count). The molecule has 0 unspecified atom stereocenters. The van der Waals surface area contributed by atoms with E-state index in [1.165, 1.54) is 22.1 Å². The van der Waals surface area contributed by atoms with Gasteiger partial charge in [-0.1, -0.05) is 24.3 Å². The lowest BCUT2D eigenvalue weighted by Gasteiger charge is -2.11. The Morgan fingerprint density at radius 2 is 1.84 bits per heavy atom. The highest BCUT2D eigenvalue weighted by molar-refractivity contribution is 7.12. The quantitative estimate of drug-likeness (QED) is 0.576. The van der Waals surface area contributed by atoms with Crippen LogP contribution in [0.5, 0.6) is 5.88 Å². The van der Waals surface area contributed by atoms with Crippen molar-refractivity contribution >= 4 is 34.1 Å². The molecule has 0 bridgehead atoms.